The molecule has 1 aromatic heterocycles. The fraction of sp³-hybridized carbons (Fsp3) is 0.462. The molecule has 2 unspecified atom stereocenters. The summed E-state index contributed by atoms with van der Waals surface area (Å²) in [6, 6.07) is 14.0. The Morgan fingerprint density at radius 1 is 1.19 bits per heavy atom. The lowest BCUT2D eigenvalue weighted by Gasteiger charge is -2.38. The zero-order valence-corrected chi connectivity index (χ0v) is 21.3. The number of amides is 2. The molecule has 0 bridgehead atoms. The number of fused-ring (bicyclic) bond motifs is 1. The van der Waals surface area contributed by atoms with Crippen LogP contribution in [0.25, 0.3) is 0 Å². The molecule has 2 fully saturated rings. The first kappa shape index (κ1) is 25.4. The highest BCUT2D eigenvalue weighted by Crippen LogP contribution is 2.36. The van der Waals surface area contributed by atoms with Crippen LogP contribution in [0.4, 0.5) is 5.82 Å². The molecule has 0 spiro atoms. The van der Waals surface area contributed by atoms with Crippen LogP contribution >= 0.6 is 11.6 Å². The number of pyridine rings is 1. The third-order valence-electron chi connectivity index (χ3n) is 7.39. The molecule has 3 atom stereocenters. The molecule has 11 heteroatoms. The molecule has 0 saturated carbocycles. The van der Waals surface area contributed by atoms with Gasteiger partial charge in [0.1, 0.15) is 17.3 Å². The molecule has 37 heavy (non-hydrogen) atoms. The highest BCUT2D eigenvalue weighted by atomic mass is 35.5. The average Bonchev–Trinajstić information content (AvgIpc) is 3.31. The quantitative estimate of drug-likeness (QED) is 0.360. The van der Waals surface area contributed by atoms with E-state index in [0.717, 1.165) is 12.4 Å². The van der Waals surface area contributed by atoms with Gasteiger partial charge in [0.25, 0.3) is 5.91 Å². The Morgan fingerprint density at radius 3 is 2.76 bits per heavy atom. The molecule has 2 saturated heterocycles. The number of hydrogen-bond acceptors (Lipinski definition) is 8. The highest BCUT2D eigenvalue weighted by molar-refractivity contribution is 6.31. The Morgan fingerprint density at radius 2 is 2.00 bits per heavy atom. The summed E-state index contributed by atoms with van der Waals surface area (Å²) in [5, 5.41) is 11.8. The first-order valence-corrected chi connectivity index (χ1v) is 13.1. The minimum absolute atomic E-state index is 0.0775. The van der Waals surface area contributed by atoms with Crippen LogP contribution in [0.5, 0.6) is 0 Å². The van der Waals surface area contributed by atoms with Crippen LogP contribution in [0.1, 0.15) is 29.2 Å². The van der Waals surface area contributed by atoms with E-state index in [2.05, 4.69) is 49.2 Å². The van der Waals surface area contributed by atoms with Crippen LogP contribution in [0.3, 0.4) is 0 Å². The predicted octanol–water partition coefficient (Wildman–Crippen LogP) is 0.749. The Hall–Kier alpha value is -3.23. The molecule has 10 nitrogen and oxygen atoms in total. The maximum absolute atomic E-state index is 12.8. The van der Waals surface area contributed by atoms with Gasteiger partial charge in [-0.25, -0.2) is 10.4 Å². The van der Waals surface area contributed by atoms with Crippen molar-refractivity contribution in [1.82, 2.24) is 31.0 Å². The van der Waals surface area contributed by atoms with E-state index in [9.17, 15) is 9.59 Å². The van der Waals surface area contributed by atoms with Crippen molar-refractivity contribution in [3.8, 4) is 6.07 Å². The average molecular weight is 523 g/mol. The van der Waals surface area contributed by atoms with Crippen molar-refractivity contribution < 1.29 is 9.59 Å². The zero-order chi connectivity index (χ0) is 25.8. The molecule has 3 N–H and O–H groups in total. The second-order valence-corrected chi connectivity index (χ2v) is 10.0. The molecule has 4 heterocycles. The van der Waals surface area contributed by atoms with E-state index in [4.69, 9.17) is 16.9 Å². The van der Waals surface area contributed by atoms with Crippen molar-refractivity contribution >= 4 is 29.2 Å². The topological polar surface area (TPSA) is 117 Å². The predicted molar refractivity (Wildman–Crippen MR) is 140 cm³/mol. The number of benzene rings is 1. The maximum atomic E-state index is 12.8. The monoisotopic (exact) mass is 522 g/mol. The number of hydrazine groups is 1. The molecule has 5 rings (SSSR count). The van der Waals surface area contributed by atoms with Crippen LogP contribution < -0.4 is 21.1 Å². The number of hydrogen-bond donors (Lipinski definition) is 3. The number of nitriles is 1. The molecule has 1 aromatic carbocycles. The Balaban J connectivity index is 1.11. The summed E-state index contributed by atoms with van der Waals surface area (Å²) in [5.74, 6) is 0.762. The summed E-state index contributed by atoms with van der Waals surface area (Å²) < 4.78 is 0. The standard InChI is InChI=1S/C26H31ClN8O2/c27-25-22(16-31-32-26(25)37)35-17-19-3-1-2-4-20(19)21(35)15-29-8-7-24(36)34-11-9-33(10-12-34)23-6-5-18(13-28)14-30-23/h1-6,14,21-22,25,29,31H,7-12,15-17H2,(H,32,37)/t21-,22?,25?/m1/s1. The van der Waals surface area contributed by atoms with Gasteiger partial charge in [-0.2, -0.15) is 5.26 Å². The number of aromatic nitrogens is 1. The minimum Gasteiger partial charge on any atom is -0.353 e. The third kappa shape index (κ3) is 5.55. The van der Waals surface area contributed by atoms with Crippen LogP contribution in [0.15, 0.2) is 42.6 Å². The van der Waals surface area contributed by atoms with E-state index in [1.807, 2.05) is 23.1 Å². The van der Waals surface area contributed by atoms with E-state index in [-0.39, 0.29) is 23.9 Å². The minimum atomic E-state index is -0.627. The second-order valence-electron chi connectivity index (χ2n) is 9.57. The fourth-order valence-electron chi connectivity index (χ4n) is 5.36. The largest absolute Gasteiger partial charge is 0.353 e. The van der Waals surface area contributed by atoms with Crippen molar-refractivity contribution in [3.63, 3.8) is 0 Å². The first-order chi connectivity index (χ1) is 18.0. The van der Waals surface area contributed by atoms with Crippen LogP contribution in [-0.2, 0) is 16.1 Å². The summed E-state index contributed by atoms with van der Waals surface area (Å²) in [4.78, 5) is 35.7. The first-order valence-electron chi connectivity index (χ1n) is 12.6. The van der Waals surface area contributed by atoms with E-state index < -0.39 is 5.38 Å². The summed E-state index contributed by atoms with van der Waals surface area (Å²) in [6.45, 7) is 5.30. The van der Waals surface area contributed by atoms with Crippen molar-refractivity contribution in [2.75, 3.05) is 50.7 Å². The number of alkyl halides is 1. The number of anilines is 1. The number of carbonyl (C=O) groups is 2. The molecule has 0 aliphatic carbocycles. The van der Waals surface area contributed by atoms with Crippen LogP contribution in [-0.4, -0.2) is 83.8 Å². The number of nitrogens with zero attached hydrogens (tertiary/aromatic N) is 5. The van der Waals surface area contributed by atoms with Gasteiger partial charge in [-0.15, -0.1) is 11.6 Å². The fourth-order valence-corrected chi connectivity index (χ4v) is 5.64. The maximum Gasteiger partial charge on any atom is 0.253 e. The van der Waals surface area contributed by atoms with Gasteiger partial charge in [-0.05, 0) is 23.3 Å². The number of halogens is 1. The summed E-state index contributed by atoms with van der Waals surface area (Å²) >= 11 is 6.49. The van der Waals surface area contributed by atoms with E-state index in [0.29, 0.717) is 57.8 Å². The normalized spacial score (nSPS) is 23.9. The number of piperazine rings is 1. The van der Waals surface area contributed by atoms with E-state index >= 15 is 0 Å². The highest BCUT2D eigenvalue weighted by Gasteiger charge is 2.41. The smallest absolute Gasteiger partial charge is 0.253 e. The van der Waals surface area contributed by atoms with Gasteiger partial charge in [0.15, 0.2) is 0 Å². The van der Waals surface area contributed by atoms with Crippen molar-refractivity contribution in [3.05, 3.63) is 59.3 Å². The van der Waals surface area contributed by atoms with Crippen molar-refractivity contribution in [2.24, 2.45) is 0 Å². The van der Waals surface area contributed by atoms with Gasteiger partial charge >= 0.3 is 0 Å². The molecule has 3 aliphatic heterocycles. The Kier molecular flexibility index (Phi) is 7.86. The summed E-state index contributed by atoms with van der Waals surface area (Å²) in [7, 11) is 0. The lowest BCUT2D eigenvalue weighted by Crippen LogP contribution is -2.61. The number of carbonyl (C=O) groups excluding carboxylic acids is 2. The molecule has 0 radical (unpaired) electrons. The molecule has 3 aliphatic rings. The van der Waals surface area contributed by atoms with Crippen LogP contribution in [0, 0.1) is 11.3 Å². The van der Waals surface area contributed by atoms with Crippen molar-refractivity contribution in [2.45, 2.75) is 30.4 Å². The lowest BCUT2D eigenvalue weighted by atomic mass is 10.0. The lowest BCUT2D eigenvalue weighted by molar-refractivity contribution is -0.131. The molecular weight excluding hydrogens is 492 g/mol. The van der Waals surface area contributed by atoms with E-state index in [1.165, 1.54) is 11.1 Å². The summed E-state index contributed by atoms with van der Waals surface area (Å²) in [6.07, 6.45) is 2.00. The molecule has 2 aromatic rings. The molecule has 2 amide bonds. The SMILES string of the molecule is N#Cc1ccc(N2CCN(C(=O)CCNC[C@@H]3c4ccccc4CN3C3CNNC(=O)C3Cl)CC2)nc1. The molecule has 194 valence electrons. The second kappa shape index (κ2) is 11.4. The van der Waals surface area contributed by atoms with Crippen molar-refractivity contribution in [1.29, 1.82) is 5.26 Å². The van der Waals surface area contributed by atoms with Gasteiger partial charge in [0.05, 0.1) is 11.6 Å². The molecular formula is C26H31ClN8O2. The number of rotatable bonds is 7. The van der Waals surface area contributed by atoms with Gasteiger partial charge < -0.3 is 15.1 Å². The Bertz CT molecular complexity index is 1160. The van der Waals surface area contributed by atoms with Crippen LogP contribution in [0.2, 0.25) is 0 Å². The number of nitrogens with one attached hydrogen (secondary N) is 3. The Labute approximate surface area is 221 Å². The zero-order valence-electron chi connectivity index (χ0n) is 20.6. The van der Waals surface area contributed by atoms with E-state index in [1.54, 1.807) is 12.3 Å². The van der Waals surface area contributed by atoms with Gasteiger partial charge in [-0.1, -0.05) is 24.3 Å². The van der Waals surface area contributed by atoms with Gasteiger partial charge in [0, 0.05) is 71.0 Å². The summed E-state index contributed by atoms with van der Waals surface area (Å²) in [5.41, 5.74) is 8.59. The third-order valence-corrected chi connectivity index (χ3v) is 7.88. The van der Waals surface area contributed by atoms with Gasteiger partial charge in [-0.3, -0.25) is 19.9 Å². The van der Waals surface area contributed by atoms with Gasteiger partial charge in [0.2, 0.25) is 5.91 Å².